The zero-order chi connectivity index (χ0) is 39.5. The summed E-state index contributed by atoms with van der Waals surface area (Å²) in [6, 6.07) is 3.81. The Labute approximate surface area is 316 Å². The van der Waals surface area contributed by atoms with Crippen LogP contribution < -0.4 is 20.7 Å². The van der Waals surface area contributed by atoms with E-state index in [1.807, 2.05) is 32.9 Å². The van der Waals surface area contributed by atoms with Crippen LogP contribution in [0, 0.1) is 5.41 Å². The van der Waals surface area contributed by atoms with Gasteiger partial charge < -0.3 is 29.5 Å². The predicted octanol–water partition coefficient (Wildman–Crippen LogP) is 2.41. The van der Waals surface area contributed by atoms with Gasteiger partial charge in [-0.3, -0.25) is 25.2 Å². The zero-order valence-corrected chi connectivity index (χ0v) is 31.8. The summed E-state index contributed by atoms with van der Waals surface area (Å²) in [7, 11) is 0. The number of rotatable bonds is 8. The number of carbonyl (C=O) groups excluding carboxylic acids is 1. The van der Waals surface area contributed by atoms with Gasteiger partial charge in [0, 0.05) is 47.8 Å². The highest BCUT2D eigenvalue weighted by molar-refractivity contribution is 5.95. The van der Waals surface area contributed by atoms with Crippen molar-refractivity contribution >= 4 is 62.5 Å². The topological polar surface area (TPSA) is 235 Å². The molecular formula is C36H46N12O7. The second kappa shape index (κ2) is 15.9. The highest BCUT2D eigenvalue weighted by Crippen LogP contribution is 2.29. The average Bonchev–Trinajstić information content (AvgIpc) is 3.59. The number of carboxylic acid groups (broad SMARTS) is 2. The van der Waals surface area contributed by atoms with E-state index in [4.69, 9.17) is 9.47 Å². The molecule has 2 aliphatic rings. The highest BCUT2D eigenvalue weighted by Gasteiger charge is 2.26. The molecule has 4 N–H and O–H groups in total. The van der Waals surface area contributed by atoms with Crippen molar-refractivity contribution in [2.75, 3.05) is 67.8 Å². The second-order valence-electron chi connectivity index (χ2n) is 15.3. The molecule has 2 fully saturated rings. The first kappa shape index (κ1) is 38.9. The second-order valence-corrected chi connectivity index (χ2v) is 15.3. The van der Waals surface area contributed by atoms with E-state index >= 15 is 0 Å². The molecule has 2 saturated heterocycles. The molecule has 0 unspecified atom stereocenters. The number of anilines is 3. The molecule has 0 aromatic carbocycles. The lowest BCUT2D eigenvalue weighted by atomic mass is 9.96. The molecule has 0 radical (unpaired) electrons. The van der Waals surface area contributed by atoms with Crippen LogP contribution in [-0.4, -0.2) is 121 Å². The smallest absolute Gasteiger partial charge is 0.309 e. The number of morpholine rings is 2. The maximum Gasteiger partial charge on any atom is 0.309 e. The van der Waals surface area contributed by atoms with E-state index in [-0.39, 0.29) is 30.0 Å². The molecule has 5 aromatic heterocycles. The van der Waals surface area contributed by atoms with Crippen molar-refractivity contribution in [1.82, 2.24) is 45.4 Å². The first-order valence-corrected chi connectivity index (χ1v) is 18.0. The van der Waals surface area contributed by atoms with Gasteiger partial charge in [0.25, 0.3) is 0 Å². The van der Waals surface area contributed by atoms with Crippen molar-refractivity contribution in [3.8, 4) is 0 Å². The molecule has 19 heteroatoms. The van der Waals surface area contributed by atoms with Crippen LogP contribution in [0.1, 0.15) is 58.8 Å². The fourth-order valence-electron chi connectivity index (χ4n) is 6.01. The SMILES string of the molecule is CC(C)(C)C(=O)NNc1nnc(CC(=O)O)c2cc(N3CCOCC3)cnc12.CC(C)(C)c1nnc2c3ncc(N4CCOCC4)cc3c(CC(=O)O)nn12. The number of hydrogen-bond acceptors (Lipinski definition) is 15. The standard InChI is InChI=1S/C18H24N6O4.C18H22N6O3/c1-18(2,3)17(27)23-22-16-15-12(13(20-21-16)9-14(25)26)8-11(10-19-15)24-4-6-28-7-5-24;1-18(2,3)17-21-20-16-15-12(13(9-14(25)26)22-24(16)17)8-11(10-19-15)23-4-6-27-7-5-23/h8,10H,4-7,9H2,1-3H3,(H,21,22)(H,23,27)(H,25,26);8,10H,4-7,9H2,1-3H3,(H,25,26). The van der Waals surface area contributed by atoms with Gasteiger partial charge >= 0.3 is 11.9 Å². The molecule has 0 atom stereocenters. The minimum Gasteiger partial charge on any atom is -0.481 e. The molecule has 0 spiro atoms. The van der Waals surface area contributed by atoms with Crippen LogP contribution in [0.25, 0.3) is 27.5 Å². The van der Waals surface area contributed by atoms with Crippen molar-refractivity contribution in [3.63, 3.8) is 0 Å². The Morgan fingerprint density at radius 2 is 1.25 bits per heavy atom. The summed E-state index contributed by atoms with van der Waals surface area (Å²) in [6.45, 7) is 17.0. The molecule has 0 aliphatic carbocycles. The maximum atomic E-state index is 12.1. The summed E-state index contributed by atoms with van der Waals surface area (Å²) in [5.74, 6) is -1.23. The average molecular weight is 759 g/mol. The van der Waals surface area contributed by atoms with Gasteiger partial charge in [-0.15, -0.1) is 15.3 Å². The van der Waals surface area contributed by atoms with E-state index in [1.165, 1.54) is 0 Å². The molecule has 7 rings (SSSR count). The highest BCUT2D eigenvalue weighted by atomic mass is 16.5. The number of fused-ring (bicyclic) bond motifs is 4. The number of amides is 1. The van der Waals surface area contributed by atoms with E-state index in [0.717, 1.165) is 37.6 Å². The Kier molecular flexibility index (Phi) is 11.2. The maximum absolute atomic E-state index is 12.1. The molecule has 5 aromatic rings. The van der Waals surface area contributed by atoms with Crippen LogP contribution >= 0.6 is 0 Å². The number of hydrazine groups is 1. The number of carbonyl (C=O) groups is 3. The quantitative estimate of drug-likeness (QED) is 0.166. The van der Waals surface area contributed by atoms with Gasteiger partial charge in [-0.1, -0.05) is 41.5 Å². The molecule has 1 amide bonds. The number of nitrogens with zero attached hydrogens (tertiary/aromatic N) is 10. The Balaban J connectivity index is 0.000000187. The summed E-state index contributed by atoms with van der Waals surface area (Å²) in [4.78, 5) is 48.1. The molecule has 7 heterocycles. The van der Waals surface area contributed by atoms with Crippen molar-refractivity contribution < 1.29 is 34.1 Å². The van der Waals surface area contributed by atoms with Crippen molar-refractivity contribution in [2.45, 2.75) is 59.8 Å². The van der Waals surface area contributed by atoms with Crippen LogP contribution in [0.2, 0.25) is 0 Å². The fraction of sp³-hybridized carbons (Fsp3) is 0.500. The van der Waals surface area contributed by atoms with E-state index in [1.54, 1.807) is 37.7 Å². The Bertz CT molecular complexity index is 2220. The lowest BCUT2D eigenvalue weighted by Gasteiger charge is -2.28. The van der Waals surface area contributed by atoms with Gasteiger partial charge in [-0.05, 0) is 12.1 Å². The molecule has 19 nitrogen and oxygen atoms in total. The number of nitrogens with one attached hydrogen (secondary N) is 2. The van der Waals surface area contributed by atoms with Crippen LogP contribution in [0.4, 0.5) is 17.2 Å². The van der Waals surface area contributed by atoms with Gasteiger partial charge in [0.2, 0.25) is 11.6 Å². The predicted molar refractivity (Wildman–Crippen MR) is 202 cm³/mol. The number of pyridine rings is 2. The Morgan fingerprint density at radius 3 is 1.78 bits per heavy atom. The largest absolute Gasteiger partial charge is 0.481 e. The zero-order valence-electron chi connectivity index (χ0n) is 31.8. The Hall–Kier alpha value is -5.82. The minimum atomic E-state index is -1.01. The summed E-state index contributed by atoms with van der Waals surface area (Å²) in [5.41, 5.74) is 8.64. The lowest BCUT2D eigenvalue weighted by Crippen LogP contribution is -2.38. The molecule has 0 bridgehead atoms. The summed E-state index contributed by atoms with van der Waals surface area (Å²) in [6.07, 6.45) is 3.04. The van der Waals surface area contributed by atoms with Crippen LogP contribution in [0.15, 0.2) is 24.5 Å². The van der Waals surface area contributed by atoms with E-state index in [9.17, 15) is 24.6 Å². The van der Waals surface area contributed by atoms with Gasteiger partial charge in [0.15, 0.2) is 11.6 Å². The number of ether oxygens (including phenoxy) is 2. The van der Waals surface area contributed by atoms with Crippen molar-refractivity contribution in [2.24, 2.45) is 5.41 Å². The minimum absolute atomic E-state index is 0.192. The van der Waals surface area contributed by atoms with Gasteiger partial charge in [0.05, 0.1) is 74.4 Å². The number of aliphatic carboxylic acids is 2. The summed E-state index contributed by atoms with van der Waals surface area (Å²) >= 11 is 0. The summed E-state index contributed by atoms with van der Waals surface area (Å²) < 4.78 is 12.4. The number of carboxylic acids is 2. The third kappa shape index (κ3) is 8.94. The molecule has 292 valence electrons. The van der Waals surface area contributed by atoms with E-state index in [2.05, 4.69) is 56.1 Å². The molecule has 55 heavy (non-hydrogen) atoms. The summed E-state index contributed by atoms with van der Waals surface area (Å²) in [5, 5.41) is 41.1. The molecule has 0 saturated carbocycles. The monoisotopic (exact) mass is 758 g/mol. The van der Waals surface area contributed by atoms with Crippen molar-refractivity contribution in [1.29, 1.82) is 0 Å². The fourth-order valence-corrected chi connectivity index (χ4v) is 6.01. The van der Waals surface area contributed by atoms with Crippen LogP contribution in [0.5, 0.6) is 0 Å². The number of aromatic nitrogens is 8. The first-order chi connectivity index (χ1) is 26.1. The third-order valence-corrected chi connectivity index (χ3v) is 8.97. The van der Waals surface area contributed by atoms with Crippen LogP contribution in [-0.2, 0) is 42.1 Å². The van der Waals surface area contributed by atoms with E-state index < -0.39 is 17.4 Å². The molecular weight excluding hydrogens is 712 g/mol. The number of hydrogen-bond donors (Lipinski definition) is 4. The third-order valence-electron chi connectivity index (χ3n) is 8.97. The Morgan fingerprint density at radius 1 is 0.727 bits per heavy atom. The lowest BCUT2D eigenvalue weighted by molar-refractivity contribution is -0.137. The van der Waals surface area contributed by atoms with Crippen LogP contribution in [0.3, 0.4) is 0 Å². The van der Waals surface area contributed by atoms with Gasteiger partial charge in [-0.2, -0.15) is 14.7 Å². The van der Waals surface area contributed by atoms with E-state index in [0.29, 0.717) is 71.1 Å². The molecule has 2 aliphatic heterocycles. The first-order valence-electron chi connectivity index (χ1n) is 18.0. The van der Waals surface area contributed by atoms with Gasteiger partial charge in [0.1, 0.15) is 11.0 Å². The van der Waals surface area contributed by atoms with Crippen molar-refractivity contribution in [3.05, 3.63) is 41.7 Å². The normalized spacial score (nSPS) is 15.2. The van der Waals surface area contributed by atoms with Gasteiger partial charge in [-0.25, -0.2) is 9.97 Å².